The normalized spacial score (nSPS) is 14.1. The summed E-state index contributed by atoms with van der Waals surface area (Å²) < 4.78 is 18.1. The number of para-hydroxylation sites is 1. The molecule has 0 aliphatic carbocycles. The van der Waals surface area contributed by atoms with Crippen LogP contribution in [0.4, 0.5) is 10.1 Å². The van der Waals surface area contributed by atoms with Gasteiger partial charge in [-0.05, 0) is 42.8 Å². The molecule has 3 rings (SSSR count). The number of rotatable bonds is 4. The smallest absolute Gasteiger partial charge is 0.342 e. The average Bonchev–Trinajstić information content (AvgIpc) is 2.68. The van der Waals surface area contributed by atoms with Crippen molar-refractivity contribution in [3.63, 3.8) is 0 Å². The van der Waals surface area contributed by atoms with E-state index in [1.165, 1.54) is 18.2 Å². The highest BCUT2D eigenvalue weighted by atomic mass is 19.1. The first-order valence-corrected chi connectivity index (χ1v) is 8.69. The molecule has 0 unspecified atom stereocenters. The van der Waals surface area contributed by atoms with Crippen molar-refractivity contribution in [2.75, 3.05) is 37.7 Å². The second kappa shape index (κ2) is 8.07. The molecule has 1 fully saturated rings. The lowest BCUT2D eigenvalue weighted by Crippen LogP contribution is -2.49. The number of piperazine rings is 1. The fourth-order valence-electron chi connectivity index (χ4n) is 2.99. The van der Waals surface area contributed by atoms with Gasteiger partial charge in [-0.25, -0.2) is 9.18 Å². The molecule has 1 aliphatic rings. The number of phenols is 1. The van der Waals surface area contributed by atoms with E-state index in [2.05, 4.69) is 4.90 Å². The second-order valence-electron chi connectivity index (χ2n) is 6.39. The maximum absolute atomic E-state index is 13.0. The Morgan fingerprint density at radius 3 is 2.41 bits per heavy atom. The summed E-state index contributed by atoms with van der Waals surface area (Å²) >= 11 is 0. The minimum absolute atomic E-state index is 0.0453. The molecule has 0 atom stereocenters. The SMILES string of the molecule is Cc1cccc(C(=O)OCC(=O)N2CCN(c3ccc(F)cc3)CC2)c1O. The highest BCUT2D eigenvalue weighted by molar-refractivity contribution is 5.94. The van der Waals surface area contributed by atoms with Gasteiger partial charge in [0.15, 0.2) is 6.61 Å². The lowest BCUT2D eigenvalue weighted by molar-refractivity contribution is -0.134. The molecule has 1 aliphatic heterocycles. The molecule has 0 aromatic heterocycles. The van der Waals surface area contributed by atoms with Crippen molar-refractivity contribution in [3.05, 3.63) is 59.4 Å². The third-order valence-electron chi connectivity index (χ3n) is 4.61. The highest BCUT2D eigenvalue weighted by Gasteiger charge is 2.23. The Kier molecular flexibility index (Phi) is 5.59. The van der Waals surface area contributed by atoms with Crippen LogP contribution < -0.4 is 4.90 Å². The van der Waals surface area contributed by atoms with Gasteiger partial charge in [0.05, 0.1) is 0 Å². The molecule has 2 aromatic rings. The molecular formula is C20H21FN2O4. The largest absolute Gasteiger partial charge is 0.507 e. The number of carbonyl (C=O) groups is 2. The monoisotopic (exact) mass is 372 g/mol. The summed E-state index contributed by atoms with van der Waals surface area (Å²) in [4.78, 5) is 28.1. The third-order valence-corrected chi connectivity index (χ3v) is 4.61. The summed E-state index contributed by atoms with van der Waals surface area (Å²) in [6, 6.07) is 11.0. The van der Waals surface area contributed by atoms with Crippen molar-refractivity contribution >= 4 is 17.6 Å². The van der Waals surface area contributed by atoms with Gasteiger partial charge in [0.25, 0.3) is 5.91 Å². The molecule has 1 amide bonds. The van der Waals surface area contributed by atoms with E-state index in [1.54, 1.807) is 36.1 Å². The van der Waals surface area contributed by atoms with Gasteiger partial charge in [0.1, 0.15) is 17.1 Å². The van der Waals surface area contributed by atoms with Crippen molar-refractivity contribution in [3.8, 4) is 5.75 Å². The molecule has 0 radical (unpaired) electrons. The van der Waals surface area contributed by atoms with Gasteiger partial charge in [0.2, 0.25) is 0 Å². The fraction of sp³-hybridized carbons (Fsp3) is 0.300. The minimum Gasteiger partial charge on any atom is -0.507 e. The summed E-state index contributed by atoms with van der Waals surface area (Å²) in [6.07, 6.45) is 0. The number of aromatic hydroxyl groups is 1. The predicted molar refractivity (Wildman–Crippen MR) is 98.3 cm³/mol. The molecule has 0 bridgehead atoms. The Bertz CT molecular complexity index is 830. The zero-order chi connectivity index (χ0) is 19.4. The van der Waals surface area contributed by atoms with Gasteiger partial charge in [-0.15, -0.1) is 0 Å². The van der Waals surface area contributed by atoms with E-state index in [-0.39, 0.29) is 29.6 Å². The summed E-state index contributed by atoms with van der Waals surface area (Å²) in [5, 5.41) is 9.91. The summed E-state index contributed by atoms with van der Waals surface area (Å²) in [6.45, 7) is 3.52. The predicted octanol–water partition coefficient (Wildman–Crippen LogP) is 2.35. The topological polar surface area (TPSA) is 70.1 Å². The van der Waals surface area contributed by atoms with Crippen LogP contribution in [0.5, 0.6) is 5.75 Å². The highest BCUT2D eigenvalue weighted by Crippen LogP contribution is 2.22. The molecule has 27 heavy (non-hydrogen) atoms. The van der Waals surface area contributed by atoms with Gasteiger partial charge >= 0.3 is 5.97 Å². The van der Waals surface area contributed by atoms with Crippen LogP contribution in [-0.2, 0) is 9.53 Å². The number of carbonyl (C=O) groups excluding carboxylic acids is 2. The summed E-state index contributed by atoms with van der Waals surface area (Å²) in [5.74, 6) is -1.43. The molecule has 1 saturated heterocycles. The molecule has 1 N–H and O–H groups in total. The van der Waals surface area contributed by atoms with Gasteiger partial charge < -0.3 is 19.6 Å². The number of phenolic OH excluding ortho intramolecular Hbond substituents is 1. The Morgan fingerprint density at radius 1 is 1.07 bits per heavy atom. The minimum atomic E-state index is -0.727. The van der Waals surface area contributed by atoms with Crippen LogP contribution in [0, 0.1) is 12.7 Å². The van der Waals surface area contributed by atoms with Crippen LogP contribution in [0.25, 0.3) is 0 Å². The van der Waals surface area contributed by atoms with Crippen molar-refractivity contribution in [1.82, 2.24) is 4.90 Å². The number of nitrogens with zero attached hydrogens (tertiary/aromatic N) is 2. The molecule has 142 valence electrons. The molecule has 1 heterocycles. The van der Waals surface area contributed by atoms with E-state index in [4.69, 9.17) is 4.74 Å². The van der Waals surface area contributed by atoms with Gasteiger partial charge in [-0.3, -0.25) is 4.79 Å². The van der Waals surface area contributed by atoms with E-state index >= 15 is 0 Å². The lowest BCUT2D eigenvalue weighted by atomic mass is 10.1. The number of ether oxygens (including phenoxy) is 1. The van der Waals surface area contributed by atoms with Crippen molar-refractivity contribution < 1.29 is 23.8 Å². The molecule has 0 saturated carbocycles. The summed E-state index contributed by atoms with van der Waals surface area (Å²) in [5.41, 5.74) is 1.52. The van der Waals surface area contributed by atoms with Crippen LogP contribution >= 0.6 is 0 Å². The number of benzene rings is 2. The van der Waals surface area contributed by atoms with Gasteiger partial charge in [0, 0.05) is 31.9 Å². The lowest BCUT2D eigenvalue weighted by Gasteiger charge is -2.36. The van der Waals surface area contributed by atoms with Crippen LogP contribution in [0.1, 0.15) is 15.9 Å². The molecule has 7 heteroatoms. The first kappa shape index (κ1) is 18.7. The fourth-order valence-corrected chi connectivity index (χ4v) is 2.99. The molecule has 0 spiro atoms. The first-order valence-electron chi connectivity index (χ1n) is 8.69. The van der Waals surface area contributed by atoms with Crippen molar-refractivity contribution in [2.45, 2.75) is 6.92 Å². The zero-order valence-electron chi connectivity index (χ0n) is 15.0. The van der Waals surface area contributed by atoms with Gasteiger partial charge in [-0.1, -0.05) is 12.1 Å². The van der Waals surface area contributed by atoms with Crippen molar-refractivity contribution in [2.24, 2.45) is 0 Å². The van der Waals surface area contributed by atoms with Crippen LogP contribution in [0.3, 0.4) is 0 Å². The Labute approximate surface area is 156 Å². The number of amides is 1. The van der Waals surface area contributed by atoms with E-state index < -0.39 is 5.97 Å². The number of hydrogen-bond acceptors (Lipinski definition) is 5. The van der Waals surface area contributed by atoms with Crippen LogP contribution in [-0.4, -0.2) is 54.7 Å². The molecular weight excluding hydrogens is 351 g/mol. The van der Waals surface area contributed by atoms with E-state index in [0.29, 0.717) is 31.7 Å². The van der Waals surface area contributed by atoms with Gasteiger partial charge in [-0.2, -0.15) is 0 Å². The Balaban J connectivity index is 1.50. The molecule has 6 nitrogen and oxygen atoms in total. The zero-order valence-corrected chi connectivity index (χ0v) is 15.0. The number of halogens is 1. The molecule has 2 aromatic carbocycles. The Hall–Kier alpha value is -3.09. The third kappa shape index (κ3) is 4.36. The summed E-state index contributed by atoms with van der Waals surface area (Å²) in [7, 11) is 0. The van der Waals surface area contributed by atoms with Crippen LogP contribution in [0.15, 0.2) is 42.5 Å². The number of hydrogen-bond donors (Lipinski definition) is 1. The standard InChI is InChI=1S/C20H21FN2O4/c1-14-3-2-4-17(19(14)25)20(26)27-13-18(24)23-11-9-22(10-12-23)16-7-5-15(21)6-8-16/h2-8,25H,9-13H2,1H3. The number of anilines is 1. The number of aryl methyl sites for hydroxylation is 1. The van der Waals surface area contributed by atoms with Crippen molar-refractivity contribution in [1.29, 1.82) is 0 Å². The number of esters is 1. The first-order chi connectivity index (χ1) is 13.0. The maximum Gasteiger partial charge on any atom is 0.342 e. The maximum atomic E-state index is 13.0. The van der Waals surface area contributed by atoms with E-state index in [0.717, 1.165) is 5.69 Å². The van der Waals surface area contributed by atoms with E-state index in [1.807, 2.05) is 0 Å². The Morgan fingerprint density at radius 2 is 1.74 bits per heavy atom. The quantitative estimate of drug-likeness (QED) is 0.835. The average molecular weight is 372 g/mol. The second-order valence-corrected chi connectivity index (χ2v) is 6.39. The van der Waals surface area contributed by atoms with E-state index in [9.17, 15) is 19.1 Å². The van der Waals surface area contributed by atoms with Crippen LogP contribution in [0.2, 0.25) is 0 Å².